The van der Waals surface area contributed by atoms with E-state index in [4.69, 9.17) is 5.11 Å². The molecule has 0 saturated heterocycles. The first-order valence-electron chi connectivity index (χ1n) is 6.02. The van der Waals surface area contributed by atoms with Gasteiger partial charge < -0.3 is 5.11 Å². The predicted molar refractivity (Wildman–Crippen MR) is 70.6 cm³/mol. The van der Waals surface area contributed by atoms with Crippen LogP contribution in [0.5, 0.6) is 0 Å². The van der Waals surface area contributed by atoms with E-state index in [1.807, 2.05) is 12.2 Å². The molecule has 1 aromatic carbocycles. The third-order valence-electron chi connectivity index (χ3n) is 3.10. The summed E-state index contributed by atoms with van der Waals surface area (Å²) in [7, 11) is -3.86. The Morgan fingerprint density at radius 1 is 1.35 bits per heavy atom. The number of aryl methyl sites for hydroxylation is 1. The highest BCUT2D eigenvalue weighted by Gasteiger charge is 2.24. The highest BCUT2D eigenvalue weighted by atomic mass is 32.2. The molecular formula is C13H14FNO4S. The molecule has 0 bridgehead atoms. The molecule has 0 amide bonds. The van der Waals surface area contributed by atoms with Gasteiger partial charge in [0.2, 0.25) is 10.0 Å². The van der Waals surface area contributed by atoms with E-state index < -0.39 is 27.4 Å². The molecule has 108 valence electrons. The van der Waals surface area contributed by atoms with Gasteiger partial charge in [0, 0.05) is 6.04 Å². The van der Waals surface area contributed by atoms with Gasteiger partial charge in [0.1, 0.15) is 5.82 Å². The summed E-state index contributed by atoms with van der Waals surface area (Å²) in [5.74, 6) is -2.41. The molecule has 5 nitrogen and oxygen atoms in total. The normalized spacial score (nSPS) is 15.7. The number of carboxylic acid groups (broad SMARTS) is 1. The predicted octanol–water partition coefficient (Wildman–Crippen LogP) is 1.83. The minimum atomic E-state index is -3.86. The lowest BCUT2D eigenvalue weighted by atomic mass is 10.1. The molecule has 0 saturated carbocycles. The second-order valence-corrected chi connectivity index (χ2v) is 6.38. The summed E-state index contributed by atoms with van der Waals surface area (Å²) >= 11 is 0. The smallest absolute Gasteiger partial charge is 0.338 e. The molecule has 20 heavy (non-hydrogen) atoms. The van der Waals surface area contributed by atoms with Crippen LogP contribution in [0.4, 0.5) is 4.39 Å². The SMILES string of the molecule is Cc1cc(S(=O)(=O)NC2CC=CC2)cc(C(=O)O)c1F. The third kappa shape index (κ3) is 2.88. The first-order chi connectivity index (χ1) is 9.31. The zero-order chi connectivity index (χ0) is 14.9. The number of hydrogen-bond donors (Lipinski definition) is 2. The van der Waals surface area contributed by atoms with Gasteiger partial charge in [-0.05, 0) is 37.5 Å². The van der Waals surface area contributed by atoms with E-state index >= 15 is 0 Å². The van der Waals surface area contributed by atoms with Crippen molar-refractivity contribution in [3.05, 3.63) is 41.2 Å². The third-order valence-corrected chi connectivity index (χ3v) is 4.60. The van der Waals surface area contributed by atoms with Crippen LogP contribution in [0.25, 0.3) is 0 Å². The van der Waals surface area contributed by atoms with Crippen molar-refractivity contribution in [1.82, 2.24) is 4.72 Å². The van der Waals surface area contributed by atoms with Crippen molar-refractivity contribution in [2.24, 2.45) is 0 Å². The number of benzene rings is 1. The van der Waals surface area contributed by atoms with Gasteiger partial charge in [0.15, 0.2) is 0 Å². The second-order valence-electron chi connectivity index (χ2n) is 4.67. The summed E-state index contributed by atoms with van der Waals surface area (Å²) in [6.07, 6.45) is 4.91. The van der Waals surface area contributed by atoms with E-state index in [-0.39, 0.29) is 16.5 Å². The Bertz CT molecular complexity index is 674. The quantitative estimate of drug-likeness (QED) is 0.831. The van der Waals surface area contributed by atoms with E-state index in [9.17, 15) is 17.6 Å². The van der Waals surface area contributed by atoms with Crippen LogP contribution in [-0.4, -0.2) is 25.5 Å². The molecule has 1 aromatic rings. The van der Waals surface area contributed by atoms with Crippen molar-refractivity contribution in [3.8, 4) is 0 Å². The van der Waals surface area contributed by atoms with Crippen LogP contribution in [0, 0.1) is 12.7 Å². The van der Waals surface area contributed by atoms with E-state index in [1.54, 1.807) is 0 Å². The number of nitrogens with one attached hydrogen (secondary N) is 1. The van der Waals surface area contributed by atoms with E-state index in [0.717, 1.165) is 12.1 Å². The van der Waals surface area contributed by atoms with Crippen LogP contribution in [0.3, 0.4) is 0 Å². The maximum Gasteiger partial charge on any atom is 0.338 e. The molecule has 0 atom stereocenters. The molecule has 0 heterocycles. The first-order valence-corrected chi connectivity index (χ1v) is 7.50. The molecule has 0 aromatic heterocycles. The zero-order valence-electron chi connectivity index (χ0n) is 10.8. The van der Waals surface area contributed by atoms with Gasteiger partial charge in [0.05, 0.1) is 10.5 Å². The van der Waals surface area contributed by atoms with Crippen molar-refractivity contribution in [1.29, 1.82) is 0 Å². The highest BCUT2D eigenvalue weighted by molar-refractivity contribution is 7.89. The minimum Gasteiger partial charge on any atom is -0.478 e. The van der Waals surface area contributed by atoms with Gasteiger partial charge in [-0.25, -0.2) is 22.3 Å². The number of halogens is 1. The summed E-state index contributed by atoms with van der Waals surface area (Å²) in [5.41, 5.74) is -0.662. The summed E-state index contributed by atoms with van der Waals surface area (Å²) in [6.45, 7) is 1.33. The molecule has 1 aliphatic rings. The number of carboxylic acids is 1. The topological polar surface area (TPSA) is 83.5 Å². The fourth-order valence-electron chi connectivity index (χ4n) is 2.05. The molecule has 7 heteroatoms. The van der Waals surface area contributed by atoms with Gasteiger partial charge in [0.25, 0.3) is 0 Å². The lowest BCUT2D eigenvalue weighted by Crippen LogP contribution is -2.33. The molecule has 0 fully saturated rings. The van der Waals surface area contributed by atoms with Gasteiger partial charge in [-0.1, -0.05) is 12.2 Å². The van der Waals surface area contributed by atoms with Crippen molar-refractivity contribution in [2.75, 3.05) is 0 Å². The fourth-order valence-corrected chi connectivity index (χ4v) is 3.42. The lowest BCUT2D eigenvalue weighted by molar-refractivity contribution is 0.0691. The number of aromatic carboxylic acids is 1. The number of carbonyl (C=O) groups is 1. The molecule has 1 aliphatic carbocycles. The van der Waals surface area contributed by atoms with E-state index in [2.05, 4.69) is 4.72 Å². The molecule has 0 unspecified atom stereocenters. The maximum atomic E-state index is 13.6. The summed E-state index contributed by atoms with van der Waals surface area (Å²) in [4.78, 5) is 10.7. The minimum absolute atomic E-state index is 0.0187. The fraction of sp³-hybridized carbons (Fsp3) is 0.308. The van der Waals surface area contributed by atoms with Gasteiger partial charge in [-0.15, -0.1) is 0 Å². The van der Waals surface area contributed by atoms with Crippen molar-refractivity contribution in [3.63, 3.8) is 0 Å². The molecule has 0 aliphatic heterocycles. The maximum absolute atomic E-state index is 13.6. The molecule has 2 N–H and O–H groups in total. The average Bonchev–Trinajstić information content (AvgIpc) is 2.83. The van der Waals surface area contributed by atoms with Crippen molar-refractivity contribution in [2.45, 2.75) is 30.7 Å². The Kier molecular flexibility index (Phi) is 3.92. The Morgan fingerprint density at radius 3 is 2.50 bits per heavy atom. The van der Waals surface area contributed by atoms with Crippen LogP contribution >= 0.6 is 0 Å². The largest absolute Gasteiger partial charge is 0.478 e. The second kappa shape index (κ2) is 5.34. The average molecular weight is 299 g/mol. The number of sulfonamides is 1. The molecule has 0 radical (unpaired) electrons. The van der Waals surface area contributed by atoms with Crippen LogP contribution in [0.2, 0.25) is 0 Å². The molecule has 0 spiro atoms. The Balaban J connectivity index is 2.38. The first kappa shape index (κ1) is 14.7. The van der Waals surface area contributed by atoms with Crippen LogP contribution in [-0.2, 0) is 10.0 Å². The molecule has 2 rings (SSSR count). The Labute approximate surface area is 116 Å². The van der Waals surface area contributed by atoms with Gasteiger partial charge in [-0.2, -0.15) is 0 Å². The summed E-state index contributed by atoms with van der Waals surface area (Å²) < 4.78 is 40.4. The zero-order valence-corrected chi connectivity index (χ0v) is 11.6. The highest BCUT2D eigenvalue weighted by Crippen LogP contribution is 2.21. The van der Waals surface area contributed by atoms with Crippen molar-refractivity contribution >= 4 is 16.0 Å². The van der Waals surface area contributed by atoms with E-state index in [1.165, 1.54) is 6.92 Å². The van der Waals surface area contributed by atoms with Gasteiger partial charge in [-0.3, -0.25) is 0 Å². The van der Waals surface area contributed by atoms with Crippen molar-refractivity contribution < 1.29 is 22.7 Å². The van der Waals surface area contributed by atoms with E-state index in [0.29, 0.717) is 12.8 Å². The van der Waals surface area contributed by atoms with Crippen LogP contribution in [0.1, 0.15) is 28.8 Å². The summed E-state index contributed by atoms with van der Waals surface area (Å²) in [6, 6.07) is 1.74. The lowest BCUT2D eigenvalue weighted by Gasteiger charge is -2.14. The standard InChI is InChI=1S/C13H14FNO4S/c1-8-6-10(7-11(12(8)14)13(16)17)20(18,19)15-9-4-2-3-5-9/h2-3,6-7,9,15H,4-5H2,1H3,(H,16,17). The number of hydrogen-bond acceptors (Lipinski definition) is 3. The van der Waals surface area contributed by atoms with Crippen LogP contribution in [0.15, 0.2) is 29.2 Å². The summed E-state index contributed by atoms with van der Waals surface area (Å²) in [5, 5.41) is 8.90. The Hall–Kier alpha value is -1.73. The Morgan fingerprint density at radius 2 is 1.95 bits per heavy atom. The van der Waals surface area contributed by atoms with Crippen LogP contribution < -0.4 is 4.72 Å². The monoisotopic (exact) mass is 299 g/mol. The molecular weight excluding hydrogens is 285 g/mol. The van der Waals surface area contributed by atoms with Gasteiger partial charge >= 0.3 is 5.97 Å². The number of rotatable bonds is 4.